The predicted molar refractivity (Wildman–Crippen MR) is 187 cm³/mol. The second-order valence-electron chi connectivity index (χ2n) is 12.9. The van der Waals surface area contributed by atoms with Gasteiger partial charge in [0.25, 0.3) is 0 Å². The maximum atomic E-state index is 10.2. The Morgan fingerprint density at radius 1 is 0.708 bits per heavy atom. The van der Waals surface area contributed by atoms with Crippen LogP contribution in [0.3, 0.4) is 0 Å². The molecule has 2 aliphatic rings. The Labute approximate surface area is 291 Å². The molecule has 10 nitrogen and oxygen atoms in total. The van der Waals surface area contributed by atoms with Gasteiger partial charge in [0.05, 0.1) is 60.3 Å². The molecule has 12 heteroatoms. The average molecular weight is 694 g/mol. The number of ether oxygens (including phenoxy) is 2. The first-order valence-corrected chi connectivity index (χ1v) is 17.1. The molecule has 6 rings (SSSR count). The zero-order valence-electron chi connectivity index (χ0n) is 27.7. The topological polar surface area (TPSA) is 117 Å². The summed E-state index contributed by atoms with van der Waals surface area (Å²) < 4.78 is 11.3. The molecule has 4 aromatic rings. The van der Waals surface area contributed by atoms with Crippen molar-refractivity contribution in [3.05, 3.63) is 70.2 Å². The van der Waals surface area contributed by atoms with E-state index >= 15 is 0 Å². The van der Waals surface area contributed by atoms with E-state index in [1.165, 1.54) is 0 Å². The first-order chi connectivity index (χ1) is 23.2. The number of aliphatic hydroxyl groups is 2. The average Bonchev–Trinajstić information content (AvgIpc) is 3.58. The summed E-state index contributed by atoms with van der Waals surface area (Å²) in [4.78, 5) is 23.4. The molecule has 0 bridgehead atoms. The van der Waals surface area contributed by atoms with E-state index in [0.29, 0.717) is 82.0 Å². The highest BCUT2D eigenvalue weighted by atomic mass is 35.5. The largest absolute Gasteiger partial charge is 0.480 e. The fourth-order valence-corrected chi connectivity index (χ4v) is 7.27. The number of aliphatic hydroxyl groups excluding tert-OH is 2. The van der Waals surface area contributed by atoms with Crippen molar-refractivity contribution in [1.82, 2.24) is 29.7 Å². The van der Waals surface area contributed by atoms with Crippen LogP contribution in [-0.2, 0) is 13.0 Å². The summed E-state index contributed by atoms with van der Waals surface area (Å²) in [7, 11) is 3.17. The molecule has 2 aromatic heterocycles. The molecule has 4 atom stereocenters. The summed E-state index contributed by atoms with van der Waals surface area (Å²) in [5.74, 6) is 1.39. The van der Waals surface area contributed by atoms with E-state index in [2.05, 4.69) is 21.7 Å². The number of β-amino-alcohol motifs (C(OH)–C–C–N with tert-alkyl or cyclic N) is 2. The highest BCUT2D eigenvalue weighted by Crippen LogP contribution is 2.42. The molecule has 0 aliphatic carbocycles. The van der Waals surface area contributed by atoms with E-state index in [1.807, 2.05) is 43.3 Å². The van der Waals surface area contributed by atoms with E-state index in [9.17, 15) is 10.2 Å². The Hall–Kier alpha value is -3.38. The van der Waals surface area contributed by atoms with E-state index < -0.39 is 0 Å². The number of halogens is 2. The lowest BCUT2D eigenvalue weighted by molar-refractivity contribution is 0.147. The molecule has 2 saturated heterocycles. The number of aryl methyl sites for hydroxylation is 1. The lowest BCUT2D eigenvalue weighted by Gasteiger charge is -2.17. The molecule has 254 valence electrons. The summed E-state index contributed by atoms with van der Waals surface area (Å²) >= 11 is 14.1. The van der Waals surface area contributed by atoms with Crippen molar-refractivity contribution < 1.29 is 19.7 Å². The minimum atomic E-state index is -0.348. The number of nitrogens with zero attached hydrogens (tertiary/aromatic N) is 6. The normalized spacial score (nSPS) is 21.6. The number of aromatic nitrogens is 4. The second kappa shape index (κ2) is 15.0. The third kappa shape index (κ3) is 7.29. The van der Waals surface area contributed by atoms with Gasteiger partial charge in [-0.15, -0.1) is 0 Å². The maximum Gasteiger partial charge on any atom is 0.237 e. The zero-order valence-corrected chi connectivity index (χ0v) is 29.2. The maximum absolute atomic E-state index is 10.2. The number of methoxy groups -OCH3 is 2. The number of likely N-dealkylation sites (tertiary alicyclic amines) is 2. The Morgan fingerprint density at radius 2 is 1.19 bits per heavy atom. The Kier molecular flexibility index (Phi) is 10.8. The van der Waals surface area contributed by atoms with E-state index in [4.69, 9.17) is 47.6 Å². The smallest absolute Gasteiger partial charge is 0.237 e. The first kappa shape index (κ1) is 34.5. The summed E-state index contributed by atoms with van der Waals surface area (Å²) in [6.45, 7) is 8.53. The van der Waals surface area contributed by atoms with Gasteiger partial charge in [-0.05, 0) is 31.2 Å². The zero-order chi connectivity index (χ0) is 33.9. The minimum absolute atomic E-state index is 0.208. The SMILES string of the molecule is COc1nc(-c2cccc(-c3cccc(-c4cnc(CN5C[C@H](C)[C@@H](O)C5)c(OC)n4)c3Cl)c2Cl)cnc1CCCN1C[C@H](C)[C@@H](O)C1. The van der Waals surface area contributed by atoms with Gasteiger partial charge in [0, 0.05) is 55.0 Å². The molecule has 2 aromatic carbocycles. The molecule has 2 aliphatic heterocycles. The molecule has 0 spiro atoms. The lowest BCUT2D eigenvalue weighted by atomic mass is 9.98. The van der Waals surface area contributed by atoms with Crippen LogP contribution >= 0.6 is 23.2 Å². The second-order valence-corrected chi connectivity index (χ2v) is 13.7. The van der Waals surface area contributed by atoms with Gasteiger partial charge in [-0.3, -0.25) is 14.9 Å². The van der Waals surface area contributed by atoms with Crippen molar-refractivity contribution >= 4 is 23.2 Å². The summed E-state index contributed by atoms with van der Waals surface area (Å²) in [6.07, 6.45) is 4.43. The standard InChI is InChI=1S/C36H42Cl2N6O4/c1-21-16-43(19-31(21)45)13-7-12-27-35(47-3)41-28(14-39-27)25-10-5-8-23(33(25)37)24-9-6-11-26(34(24)38)29-15-40-30(36(42-29)48-4)18-44-17-22(2)32(46)20-44/h5-6,8-11,14-15,21-22,31-32,45-46H,7,12-13,16-20H2,1-4H3/t21-,22-,31-,32-/m0/s1. The molecule has 0 unspecified atom stereocenters. The van der Waals surface area contributed by atoms with Crippen molar-refractivity contribution in [1.29, 1.82) is 0 Å². The van der Waals surface area contributed by atoms with Gasteiger partial charge >= 0.3 is 0 Å². The molecule has 2 N–H and O–H groups in total. The molecule has 4 heterocycles. The first-order valence-electron chi connectivity index (χ1n) is 16.4. The molecule has 0 saturated carbocycles. The Bertz CT molecular complexity index is 1740. The van der Waals surface area contributed by atoms with Crippen molar-refractivity contribution in [2.24, 2.45) is 11.8 Å². The van der Waals surface area contributed by atoms with E-state index in [-0.39, 0.29) is 18.1 Å². The van der Waals surface area contributed by atoms with Crippen LogP contribution in [0.2, 0.25) is 10.0 Å². The van der Waals surface area contributed by atoms with Crippen LogP contribution in [0, 0.1) is 11.8 Å². The van der Waals surface area contributed by atoms with Gasteiger partial charge < -0.3 is 24.6 Å². The van der Waals surface area contributed by atoms with Gasteiger partial charge in [0.1, 0.15) is 11.4 Å². The fraction of sp³-hybridized carbons (Fsp3) is 0.444. The van der Waals surface area contributed by atoms with Gasteiger partial charge in [0.15, 0.2) is 0 Å². The van der Waals surface area contributed by atoms with Crippen LogP contribution in [0.4, 0.5) is 0 Å². The van der Waals surface area contributed by atoms with Gasteiger partial charge in [-0.25, -0.2) is 9.97 Å². The van der Waals surface area contributed by atoms with Crippen molar-refractivity contribution in [2.75, 3.05) is 46.9 Å². The van der Waals surface area contributed by atoms with Crippen LogP contribution < -0.4 is 9.47 Å². The molecular weight excluding hydrogens is 651 g/mol. The predicted octanol–water partition coefficient (Wildman–Crippen LogP) is 5.65. The van der Waals surface area contributed by atoms with Crippen molar-refractivity contribution in [3.8, 4) is 45.4 Å². The molecular formula is C36H42Cl2N6O4. The molecule has 0 amide bonds. The van der Waals surface area contributed by atoms with Crippen LogP contribution in [-0.4, -0.2) is 99.1 Å². The van der Waals surface area contributed by atoms with Gasteiger partial charge in [-0.1, -0.05) is 73.4 Å². The number of benzene rings is 2. The number of rotatable bonds is 11. The van der Waals surface area contributed by atoms with Crippen LogP contribution in [0.15, 0.2) is 48.8 Å². The highest BCUT2D eigenvalue weighted by molar-refractivity contribution is 6.39. The molecule has 2 fully saturated rings. The lowest BCUT2D eigenvalue weighted by Crippen LogP contribution is -2.23. The van der Waals surface area contributed by atoms with Crippen molar-refractivity contribution in [2.45, 2.75) is 45.4 Å². The Morgan fingerprint density at radius 3 is 1.69 bits per heavy atom. The van der Waals surface area contributed by atoms with Crippen molar-refractivity contribution in [3.63, 3.8) is 0 Å². The van der Waals surface area contributed by atoms with Crippen LogP contribution in [0.5, 0.6) is 11.8 Å². The Balaban J connectivity index is 1.23. The van der Waals surface area contributed by atoms with Gasteiger partial charge in [0.2, 0.25) is 11.8 Å². The third-order valence-corrected chi connectivity index (χ3v) is 10.2. The number of hydrogen-bond donors (Lipinski definition) is 2. The van der Waals surface area contributed by atoms with Crippen LogP contribution in [0.1, 0.15) is 31.7 Å². The fourth-order valence-electron chi connectivity index (χ4n) is 6.63. The molecule has 48 heavy (non-hydrogen) atoms. The summed E-state index contributed by atoms with van der Waals surface area (Å²) in [5.41, 5.74) is 5.54. The summed E-state index contributed by atoms with van der Waals surface area (Å²) in [5, 5.41) is 21.2. The molecule has 0 radical (unpaired) electrons. The summed E-state index contributed by atoms with van der Waals surface area (Å²) in [6, 6.07) is 11.5. The van der Waals surface area contributed by atoms with Crippen LogP contribution in [0.25, 0.3) is 33.6 Å². The quantitative estimate of drug-likeness (QED) is 0.204. The van der Waals surface area contributed by atoms with E-state index in [1.54, 1.807) is 26.6 Å². The minimum Gasteiger partial charge on any atom is -0.480 e. The third-order valence-electron chi connectivity index (χ3n) is 9.41. The van der Waals surface area contributed by atoms with E-state index in [0.717, 1.165) is 42.9 Å². The number of hydrogen-bond acceptors (Lipinski definition) is 10. The van der Waals surface area contributed by atoms with Gasteiger partial charge in [-0.2, -0.15) is 0 Å². The monoisotopic (exact) mass is 692 g/mol. The highest BCUT2D eigenvalue weighted by Gasteiger charge is 2.29.